The molecular formula is C12H18BrClIN3. The van der Waals surface area contributed by atoms with Gasteiger partial charge >= 0.3 is 0 Å². The topological polar surface area (TPSA) is 36.4 Å². The van der Waals surface area contributed by atoms with Crippen molar-refractivity contribution in [2.75, 3.05) is 7.05 Å². The van der Waals surface area contributed by atoms with E-state index in [-0.39, 0.29) is 24.0 Å². The minimum Gasteiger partial charge on any atom is -0.354 e. The molecule has 0 radical (unpaired) electrons. The lowest BCUT2D eigenvalue weighted by molar-refractivity contribution is 0.699. The first-order valence-corrected chi connectivity index (χ1v) is 6.61. The molecule has 0 atom stereocenters. The zero-order valence-corrected chi connectivity index (χ0v) is 15.3. The van der Waals surface area contributed by atoms with Crippen LogP contribution in [0.5, 0.6) is 0 Å². The van der Waals surface area contributed by atoms with Gasteiger partial charge in [0.2, 0.25) is 0 Å². The number of aliphatic imine (C=N–C) groups is 1. The first-order chi connectivity index (χ1) is 8.02. The quantitative estimate of drug-likeness (QED) is 0.421. The molecule has 0 aliphatic carbocycles. The molecule has 0 unspecified atom stereocenters. The van der Waals surface area contributed by atoms with Crippen LogP contribution < -0.4 is 10.6 Å². The molecule has 0 aromatic heterocycles. The van der Waals surface area contributed by atoms with Crippen LogP contribution >= 0.6 is 51.5 Å². The molecule has 6 heteroatoms. The molecule has 1 rings (SSSR count). The molecule has 0 amide bonds. The van der Waals surface area contributed by atoms with Crippen LogP contribution in [-0.4, -0.2) is 19.0 Å². The van der Waals surface area contributed by atoms with Crippen molar-refractivity contribution in [1.82, 2.24) is 10.6 Å². The predicted molar refractivity (Wildman–Crippen MR) is 93.0 cm³/mol. The van der Waals surface area contributed by atoms with Gasteiger partial charge in [-0.05, 0) is 31.5 Å². The molecule has 0 heterocycles. The Labute approximate surface area is 139 Å². The molecule has 3 nitrogen and oxygen atoms in total. The average Bonchev–Trinajstić information content (AvgIpc) is 2.25. The Hall–Kier alpha value is -0.0100. The summed E-state index contributed by atoms with van der Waals surface area (Å²) in [4.78, 5) is 4.13. The van der Waals surface area contributed by atoms with Crippen LogP contribution in [0, 0.1) is 0 Å². The fraction of sp³-hybridized carbons (Fsp3) is 0.417. The molecule has 102 valence electrons. The third-order valence-electron chi connectivity index (χ3n) is 2.11. The van der Waals surface area contributed by atoms with E-state index in [4.69, 9.17) is 11.6 Å². The maximum Gasteiger partial charge on any atom is 0.191 e. The fourth-order valence-corrected chi connectivity index (χ4v) is 2.05. The van der Waals surface area contributed by atoms with Gasteiger partial charge in [0.15, 0.2) is 5.96 Å². The number of hydrogen-bond acceptors (Lipinski definition) is 1. The van der Waals surface area contributed by atoms with Gasteiger partial charge in [-0.25, -0.2) is 0 Å². The largest absolute Gasteiger partial charge is 0.354 e. The van der Waals surface area contributed by atoms with E-state index in [0.717, 1.165) is 21.0 Å². The molecule has 18 heavy (non-hydrogen) atoms. The smallest absolute Gasteiger partial charge is 0.191 e. The van der Waals surface area contributed by atoms with Crippen molar-refractivity contribution in [3.05, 3.63) is 33.3 Å². The maximum atomic E-state index is 6.13. The van der Waals surface area contributed by atoms with Crippen molar-refractivity contribution in [1.29, 1.82) is 0 Å². The van der Waals surface area contributed by atoms with Crippen molar-refractivity contribution in [3.8, 4) is 0 Å². The van der Waals surface area contributed by atoms with E-state index in [9.17, 15) is 0 Å². The molecule has 0 spiro atoms. The molecule has 2 N–H and O–H groups in total. The van der Waals surface area contributed by atoms with Gasteiger partial charge in [-0.15, -0.1) is 24.0 Å². The Morgan fingerprint density at radius 1 is 1.44 bits per heavy atom. The van der Waals surface area contributed by atoms with Crippen molar-refractivity contribution in [2.45, 2.75) is 26.4 Å². The van der Waals surface area contributed by atoms with Crippen molar-refractivity contribution < 1.29 is 0 Å². The summed E-state index contributed by atoms with van der Waals surface area (Å²) in [6.45, 7) is 4.79. The Morgan fingerprint density at radius 3 is 2.61 bits per heavy atom. The summed E-state index contributed by atoms with van der Waals surface area (Å²) in [5, 5.41) is 7.18. The zero-order chi connectivity index (χ0) is 12.8. The molecule has 0 aliphatic rings. The summed E-state index contributed by atoms with van der Waals surface area (Å²) in [5.41, 5.74) is 1.04. The van der Waals surface area contributed by atoms with Gasteiger partial charge in [-0.3, -0.25) is 4.99 Å². The third-order valence-corrected chi connectivity index (χ3v) is 2.96. The summed E-state index contributed by atoms with van der Waals surface area (Å²) in [6.07, 6.45) is 0. The lowest BCUT2D eigenvalue weighted by Crippen LogP contribution is -2.40. The summed E-state index contributed by atoms with van der Waals surface area (Å²) >= 11 is 9.51. The van der Waals surface area contributed by atoms with E-state index in [1.807, 2.05) is 18.2 Å². The van der Waals surface area contributed by atoms with Gasteiger partial charge in [-0.1, -0.05) is 33.6 Å². The average molecular weight is 447 g/mol. The van der Waals surface area contributed by atoms with Crippen molar-refractivity contribution >= 4 is 57.5 Å². The summed E-state index contributed by atoms with van der Waals surface area (Å²) in [7, 11) is 1.75. The second-order valence-electron chi connectivity index (χ2n) is 3.96. The molecule has 0 saturated carbocycles. The monoisotopic (exact) mass is 445 g/mol. The molecular weight excluding hydrogens is 428 g/mol. The third kappa shape index (κ3) is 6.24. The van der Waals surface area contributed by atoms with Gasteiger partial charge < -0.3 is 10.6 Å². The van der Waals surface area contributed by atoms with Crippen LogP contribution in [0.4, 0.5) is 0 Å². The highest BCUT2D eigenvalue weighted by atomic mass is 127. The van der Waals surface area contributed by atoms with E-state index in [1.165, 1.54) is 0 Å². The molecule has 1 aromatic carbocycles. The second-order valence-corrected chi connectivity index (χ2v) is 5.28. The van der Waals surface area contributed by atoms with E-state index in [2.05, 4.69) is 45.4 Å². The number of guanidine groups is 1. The van der Waals surface area contributed by atoms with Crippen LogP contribution in [0.3, 0.4) is 0 Å². The van der Waals surface area contributed by atoms with Gasteiger partial charge in [0.05, 0.1) is 0 Å². The minimum absolute atomic E-state index is 0. The lowest BCUT2D eigenvalue weighted by atomic mass is 10.2. The number of nitrogens with one attached hydrogen (secondary N) is 2. The van der Waals surface area contributed by atoms with E-state index < -0.39 is 0 Å². The zero-order valence-electron chi connectivity index (χ0n) is 10.6. The molecule has 0 saturated heterocycles. The number of hydrogen-bond donors (Lipinski definition) is 2. The summed E-state index contributed by atoms with van der Waals surface area (Å²) < 4.78 is 0.982. The van der Waals surface area contributed by atoms with Crippen LogP contribution in [0.2, 0.25) is 5.02 Å². The minimum atomic E-state index is 0. The summed E-state index contributed by atoms with van der Waals surface area (Å²) in [5.74, 6) is 0.777. The first-order valence-electron chi connectivity index (χ1n) is 5.44. The molecule has 1 aromatic rings. The standard InChI is InChI=1S/C12H17BrClN3.HI/c1-8(2)17-12(15-3)16-7-9-4-5-10(13)6-11(9)14;/h4-6,8H,7H2,1-3H3,(H2,15,16,17);1H. The van der Waals surface area contributed by atoms with Gasteiger partial charge in [0, 0.05) is 29.1 Å². The normalized spacial score (nSPS) is 11.1. The maximum absolute atomic E-state index is 6.13. The molecule has 0 aliphatic heterocycles. The number of halogens is 3. The number of rotatable bonds is 3. The van der Waals surface area contributed by atoms with Crippen LogP contribution in [0.15, 0.2) is 27.7 Å². The number of benzene rings is 1. The van der Waals surface area contributed by atoms with Crippen LogP contribution in [-0.2, 0) is 6.54 Å². The van der Waals surface area contributed by atoms with Crippen LogP contribution in [0.25, 0.3) is 0 Å². The fourth-order valence-electron chi connectivity index (χ4n) is 1.31. The lowest BCUT2D eigenvalue weighted by Gasteiger charge is -2.15. The van der Waals surface area contributed by atoms with Gasteiger partial charge in [0.25, 0.3) is 0 Å². The molecule has 0 bridgehead atoms. The van der Waals surface area contributed by atoms with E-state index in [0.29, 0.717) is 12.6 Å². The Balaban J connectivity index is 0.00000289. The second kappa shape index (κ2) is 8.98. The highest BCUT2D eigenvalue weighted by Crippen LogP contribution is 2.20. The number of nitrogens with zero attached hydrogens (tertiary/aromatic N) is 1. The SMILES string of the molecule is CN=C(NCc1ccc(Br)cc1Cl)NC(C)C.I. The first kappa shape index (κ1) is 18.0. The summed E-state index contributed by atoms with van der Waals surface area (Å²) in [6, 6.07) is 6.20. The highest BCUT2D eigenvalue weighted by Gasteiger charge is 2.03. The van der Waals surface area contributed by atoms with Gasteiger partial charge in [0.1, 0.15) is 0 Å². The Morgan fingerprint density at radius 2 is 2.11 bits per heavy atom. The van der Waals surface area contributed by atoms with Gasteiger partial charge in [-0.2, -0.15) is 0 Å². The van der Waals surface area contributed by atoms with Crippen molar-refractivity contribution in [2.24, 2.45) is 4.99 Å². The Bertz CT molecular complexity index is 410. The highest BCUT2D eigenvalue weighted by molar-refractivity contribution is 14.0. The van der Waals surface area contributed by atoms with Crippen LogP contribution in [0.1, 0.15) is 19.4 Å². The van der Waals surface area contributed by atoms with Crippen molar-refractivity contribution in [3.63, 3.8) is 0 Å². The Kier molecular flexibility index (Phi) is 8.98. The predicted octanol–water partition coefficient (Wildman–Crippen LogP) is 3.79. The molecule has 0 fully saturated rings. The van der Waals surface area contributed by atoms with E-state index in [1.54, 1.807) is 7.05 Å². The van der Waals surface area contributed by atoms with E-state index >= 15 is 0 Å².